The Kier molecular flexibility index (Phi) is 3.03. The van der Waals surface area contributed by atoms with E-state index in [1.807, 2.05) is 6.92 Å². The van der Waals surface area contributed by atoms with E-state index in [4.69, 9.17) is 14.2 Å². The molecule has 4 nitrogen and oxygen atoms in total. The first-order chi connectivity index (χ1) is 7.00. The van der Waals surface area contributed by atoms with Gasteiger partial charge in [0.1, 0.15) is 18.3 Å². The monoisotopic (exact) mass is 216 g/mol. The van der Waals surface area contributed by atoms with Crippen molar-refractivity contribution in [3.05, 3.63) is 0 Å². The number of hydrogen-bond acceptors (Lipinski definition) is 4. The topological polar surface area (TPSA) is 47.9 Å². The van der Waals surface area contributed by atoms with Crippen LogP contribution >= 0.6 is 0 Å². The zero-order chi connectivity index (χ0) is 11.1. The lowest BCUT2D eigenvalue weighted by Crippen LogP contribution is -2.51. The molecule has 4 heteroatoms. The van der Waals surface area contributed by atoms with Gasteiger partial charge in [0.05, 0.1) is 13.2 Å². The molecule has 0 aliphatic carbocycles. The quantitative estimate of drug-likeness (QED) is 0.745. The zero-order valence-electron chi connectivity index (χ0n) is 9.60. The fourth-order valence-electron chi connectivity index (χ4n) is 2.39. The van der Waals surface area contributed by atoms with Crippen LogP contribution in [0.3, 0.4) is 0 Å². The first-order valence-electron chi connectivity index (χ1n) is 5.61. The molecule has 0 radical (unpaired) electrons. The van der Waals surface area contributed by atoms with Crippen LogP contribution in [0, 0.1) is 5.92 Å². The summed E-state index contributed by atoms with van der Waals surface area (Å²) in [5.74, 6) is -0.0599. The van der Waals surface area contributed by atoms with Gasteiger partial charge in [0.25, 0.3) is 0 Å². The van der Waals surface area contributed by atoms with Gasteiger partial charge in [-0.05, 0) is 12.8 Å². The Morgan fingerprint density at radius 3 is 2.80 bits per heavy atom. The van der Waals surface area contributed by atoms with Crippen LogP contribution in [0.25, 0.3) is 0 Å². The number of aliphatic hydroxyl groups is 1. The van der Waals surface area contributed by atoms with E-state index >= 15 is 0 Å². The van der Waals surface area contributed by atoms with Crippen LogP contribution in [0.2, 0.25) is 0 Å². The Hall–Kier alpha value is -0.160. The Bertz CT molecular complexity index is 231. The highest BCUT2D eigenvalue weighted by Gasteiger charge is 2.47. The molecule has 1 N–H and O–H groups in total. The van der Waals surface area contributed by atoms with E-state index in [0.717, 1.165) is 6.42 Å². The van der Waals surface area contributed by atoms with Crippen molar-refractivity contribution in [3.63, 3.8) is 0 Å². The van der Waals surface area contributed by atoms with Crippen molar-refractivity contribution in [1.82, 2.24) is 0 Å². The summed E-state index contributed by atoms with van der Waals surface area (Å²) in [6.07, 6.45) is 0.0104. The summed E-state index contributed by atoms with van der Waals surface area (Å²) in [6, 6.07) is 0. The highest BCUT2D eigenvalue weighted by molar-refractivity contribution is 4.90. The molecule has 0 saturated carbocycles. The molecule has 2 aliphatic rings. The van der Waals surface area contributed by atoms with Crippen LogP contribution in [0.5, 0.6) is 0 Å². The van der Waals surface area contributed by atoms with Crippen LogP contribution in [-0.2, 0) is 14.2 Å². The van der Waals surface area contributed by atoms with Gasteiger partial charge in [-0.25, -0.2) is 0 Å². The molecular formula is C11H20O4. The molecular weight excluding hydrogens is 196 g/mol. The second-order valence-corrected chi connectivity index (χ2v) is 5.06. The highest BCUT2D eigenvalue weighted by atomic mass is 16.7. The molecule has 0 spiro atoms. The minimum absolute atomic E-state index is 0.0970. The van der Waals surface area contributed by atoms with Crippen molar-refractivity contribution in [2.24, 2.45) is 5.92 Å². The van der Waals surface area contributed by atoms with Gasteiger partial charge in [0.15, 0.2) is 5.79 Å². The molecule has 4 atom stereocenters. The van der Waals surface area contributed by atoms with Gasteiger partial charge in [-0.1, -0.05) is 13.8 Å². The van der Waals surface area contributed by atoms with E-state index in [2.05, 4.69) is 13.8 Å². The third kappa shape index (κ3) is 2.33. The molecule has 0 aromatic heterocycles. The Balaban J connectivity index is 2.00. The Morgan fingerprint density at radius 1 is 1.40 bits per heavy atom. The standard InChI is InChI=1S/C11H20O4/c1-7(2)4-11(3)14-6-9-10(15-11)8(12)5-13-9/h7-10,12H,4-6H2,1-3H3/t8-,9+,10+,11?/m1/s1. The summed E-state index contributed by atoms with van der Waals surface area (Å²) in [6.45, 7) is 7.08. The number of hydrogen-bond donors (Lipinski definition) is 1. The predicted molar refractivity (Wildman–Crippen MR) is 54.4 cm³/mol. The second-order valence-electron chi connectivity index (χ2n) is 5.06. The van der Waals surface area contributed by atoms with Crippen molar-refractivity contribution in [2.75, 3.05) is 13.2 Å². The van der Waals surface area contributed by atoms with Crippen LogP contribution in [0.15, 0.2) is 0 Å². The van der Waals surface area contributed by atoms with E-state index in [1.165, 1.54) is 0 Å². The molecule has 88 valence electrons. The maximum atomic E-state index is 9.69. The van der Waals surface area contributed by atoms with Gasteiger partial charge in [-0.3, -0.25) is 0 Å². The van der Waals surface area contributed by atoms with E-state index in [1.54, 1.807) is 0 Å². The SMILES string of the molecule is CC(C)CC1(C)OC[C@@H]2OC[C@@H](O)[C@@H]2O1. The number of ether oxygens (including phenoxy) is 3. The lowest BCUT2D eigenvalue weighted by atomic mass is 10.0. The van der Waals surface area contributed by atoms with Crippen LogP contribution in [0.1, 0.15) is 27.2 Å². The minimum atomic E-state index is -0.565. The molecule has 2 saturated heterocycles. The first kappa shape index (κ1) is 11.3. The molecule has 0 bridgehead atoms. The number of aliphatic hydroxyl groups excluding tert-OH is 1. The fraction of sp³-hybridized carbons (Fsp3) is 1.00. The molecule has 0 aromatic carbocycles. The Labute approximate surface area is 90.5 Å². The van der Waals surface area contributed by atoms with E-state index < -0.39 is 11.9 Å². The largest absolute Gasteiger partial charge is 0.388 e. The van der Waals surface area contributed by atoms with Gasteiger partial charge in [-0.2, -0.15) is 0 Å². The molecule has 0 aromatic rings. The summed E-state index contributed by atoms with van der Waals surface area (Å²) in [5, 5.41) is 9.69. The molecule has 2 fully saturated rings. The molecule has 2 heterocycles. The van der Waals surface area contributed by atoms with Gasteiger partial charge in [0.2, 0.25) is 0 Å². The normalized spacial score (nSPS) is 45.8. The van der Waals surface area contributed by atoms with E-state index in [9.17, 15) is 5.11 Å². The predicted octanol–water partition coefficient (Wildman–Crippen LogP) is 0.924. The zero-order valence-corrected chi connectivity index (χ0v) is 9.60. The third-order valence-corrected chi connectivity index (χ3v) is 2.94. The molecule has 2 aliphatic heterocycles. The molecule has 15 heavy (non-hydrogen) atoms. The molecule has 1 unspecified atom stereocenters. The summed E-state index contributed by atoms with van der Waals surface area (Å²) in [5.41, 5.74) is 0. The lowest BCUT2D eigenvalue weighted by Gasteiger charge is -2.41. The summed E-state index contributed by atoms with van der Waals surface area (Å²) >= 11 is 0. The van der Waals surface area contributed by atoms with Gasteiger partial charge < -0.3 is 19.3 Å². The van der Waals surface area contributed by atoms with E-state index in [-0.39, 0.29) is 12.2 Å². The van der Waals surface area contributed by atoms with E-state index in [0.29, 0.717) is 19.1 Å². The van der Waals surface area contributed by atoms with Crippen molar-refractivity contribution < 1.29 is 19.3 Å². The van der Waals surface area contributed by atoms with Crippen LogP contribution in [-0.4, -0.2) is 42.4 Å². The van der Waals surface area contributed by atoms with Crippen LogP contribution < -0.4 is 0 Å². The van der Waals surface area contributed by atoms with Crippen molar-refractivity contribution in [2.45, 2.75) is 51.3 Å². The van der Waals surface area contributed by atoms with Gasteiger partial charge in [0, 0.05) is 6.42 Å². The first-order valence-corrected chi connectivity index (χ1v) is 5.61. The van der Waals surface area contributed by atoms with Gasteiger partial charge >= 0.3 is 0 Å². The van der Waals surface area contributed by atoms with Crippen molar-refractivity contribution in [3.8, 4) is 0 Å². The fourth-order valence-corrected chi connectivity index (χ4v) is 2.39. The average Bonchev–Trinajstić information content (AvgIpc) is 2.46. The highest BCUT2D eigenvalue weighted by Crippen LogP contribution is 2.34. The van der Waals surface area contributed by atoms with Crippen molar-refractivity contribution >= 4 is 0 Å². The molecule has 0 amide bonds. The molecule has 2 rings (SSSR count). The Morgan fingerprint density at radius 2 is 2.13 bits per heavy atom. The number of rotatable bonds is 2. The van der Waals surface area contributed by atoms with Gasteiger partial charge in [-0.15, -0.1) is 0 Å². The summed E-state index contributed by atoms with van der Waals surface area (Å²) in [7, 11) is 0. The summed E-state index contributed by atoms with van der Waals surface area (Å²) < 4.78 is 16.9. The smallest absolute Gasteiger partial charge is 0.166 e. The van der Waals surface area contributed by atoms with Crippen LogP contribution in [0.4, 0.5) is 0 Å². The maximum absolute atomic E-state index is 9.69. The third-order valence-electron chi connectivity index (χ3n) is 2.94. The number of fused-ring (bicyclic) bond motifs is 1. The maximum Gasteiger partial charge on any atom is 0.166 e. The lowest BCUT2D eigenvalue weighted by molar-refractivity contribution is -0.314. The average molecular weight is 216 g/mol. The van der Waals surface area contributed by atoms with Crippen molar-refractivity contribution in [1.29, 1.82) is 0 Å². The minimum Gasteiger partial charge on any atom is -0.388 e. The second kappa shape index (κ2) is 4.01. The summed E-state index contributed by atoms with van der Waals surface area (Å²) in [4.78, 5) is 0.